The van der Waals surface area contributed by atoms with Crippen LogP contribution in [0.5, 0.6) is 0 Å². The molecule has 1 aliphatic rings. The number of nitrogen functional groups attached to an aromatic ring is 1. The van der Waals surface area contributed by atoms with Crippen molar-refractivity contribution in [3.05, 3.63) is 162 Å². The van der Waals surface area contributed by atoms with E-state index in [4.69, 9.17) is 26.5 Å². The number of benzene rings is 2. The standard InChI is InChI=1S/C28H22N6.C12H11N/c1-17-11-24(33-26(13-17)22-7-3-5-9-31-22)19-15-20(28(30)21(29)16-19)25-12-18(2)14-27(34-25)23-8-4-6-10-32-23;13-12-8-6-11(7-9-12)10-4-2-1-3-5-10/h3-16,29-30H,1-2H3;1-9H,13H2. The maximum Gasteiger partial charge on any atom is 0.0896 e. The molecule has 0 spiro atoms. The number of allylic oxidation sites excluding steroid dienone is 4. The summed E-state index contributed by atoms with van der Waals surface area (Å²) >= 11 is 0. The van der Waals surface area contributed by atoms with E-state index in [0.717, 1.165) is 50.9 Å². The molecule has 0 saturated carbocycles. The van der Waals surface area contributed by atoms with E-state index in [0.29, 0.717) is 11.3 Å². The van der Waals surface area contributed by atoms with Crippen molar-refractivity contribution < 1.29 is 0 Å². The number of anilines is 1. The van der Waals surface area contributed by atoms with E-state index >= 15 is 0 Å². The lowest BCUT2D eigenvalue weighted by Crippen LogP contribution is -2.17. The lowest BCUT2D eigenvalue weighted by molar-refractivity contribution is 1.20. The first-order chi connectivity index (χ1) is 22.8. The Kier molecular flexibility index (Phi) is 8.97. The average molecular weight is 612 g/mol. The predicted octanol–water partition coefficient (Wildman–Crippen LogP) is 8.67. The van der Waals surface area contributed by atoms with Crippen LogP contribution in [0.3, 0.4) is 0 Å². The summed E-state index contributed by atoms with van der Waals surface area (Å²) in [5.74, 6) is 0. The third-order valence-electron chi connectivity index (χ3n) is 7.52. The molecule has 4 aromatic heterocycles. The molecule has 0 radical (unpaired) electrons. The Labute approximate surface area is 274 Å². The molecule has 0 bridgehead atoms. The molecule has 7 heteroatoms. The summed E-state index contributed by atoms with van der Waals surface area (Å²) in [7, 11) is 0. The van der Waals surface area contributed by atoms with Crippen molar-refractivity contribution in [3.8, 4) is 33.9 Å². The number of aryl methyl sites for hydroxylation is 2. The zero-order valence-electron chi connectivity index (χ0n) is 26.1. The Morgan fingerprint density at radius 3 is 1.60 bits per heavy atom. The molecular weight excluding hydrogens is 578 g/mol. The Hall–Kier alpha value is -6.34. The van der Waals surface area contributed by atoms with Gasteiger partial charge in [0, 0.05) is 29.2 Å². The minimum absolute atomic E-state index is 0.123. The van der Waals surface area contributed by atoms with E-state index in [1.807, 2.05) is 123 Å². The Morgan fingerprint density at radius 1 is 0.511 bits per heavy atom. The Balaban J connectivity index is 0.000000248. The van der Waals surface area contributed by atoms with Crippen LogP contribution in [0.15, 0.2) is 140 Å². The van der Waals surface area contributed by atoms with Gasteiger partial charge in [0.05, 0.1) is 45.6 Å². The van der Waals surface area contributed by atoms with Crippen LogP contribution >= 0.6 is 0 Å². The van der Waals surface area contributed by atoms with Gasteiger partial charge >= 0.3 is 0 Å². The van der Waals surface area contributed by atoms with Crippen LogP contribution in [0.1, 0.15) is 22.5 Å². The van der Waals surface area contributed by atoms with Gasteiger partial charge in [0.1, 0.15) is 0 Å². The van der Waals surface area contributed by atoms with Crippen LogP contribution < -0.4 is 5.73 Å². The lowest BCUT2D eigenvalue weighted by atomic mass is 9.90. The SMILES string of the molecule is Cc1cc(C2=CC(=N)C(=N)C(c3cc(C)cc(-c4ccccn4)n3)=C2)nc(-c2ccccn2)c1.Nc1ccc(-c2ccccc2)cc1. The largest absolute Gasteiger partial charge is 0.399 e. The van der Waals surface area contributed by atoms with Gasteiger partial charge in [-0.25, -0.2) is 9.97 Å². The molecule has 47 heavy (non-hydrogen) atoms. The summed E-state index contributed by atoms with van der Waals surface area (Å²) in [6, 6.07) is 37.5. The fourth-order valence-electron chi connectivity index (χ4n) is 5.21. The topological polar surface area (TPSA) is 125 Å². The van der Waals surface area contributed by atoms with Gasteiger partial charge in [0.2, 0.25) is 0 Å². The number of nitrogens with one attached hydrogen (secondary N) is 2. The number of hydrogen-bond acceptors (Lipinski definition) is 7. The molecule has 0 amide bonds. The van der Waals surface area contributed by atoms with Crippen LogP contribution in [0.2, 0.25) is 0 Å². The van der Waals surface area contributed by atoms with Crippen LogP contribution in [0, 0.1) is 24.7 Å². The number of aromatic nitrogens is 4. The molecule has 2 aromatic carbocycles. The van der Waals surface area contributed by atoms with Crippen molar-refractivity contribution in [2.45, 2.75) is 13.8 Å². The fourth-order valence-corrected chi connectivity index (χ4v) is 5.21. The highest BCUT2D eigenvalue weighted by Crippen LogP contribution is 2.30. The molecule has 1 aliphatic carbocycles. The van der Waals surface area contributed by atoms with E-state index in [-0.39, 0.29) is 11.4 Å². The van der Waals surface area contributed by atoms with Crippen molar-refractivity contribution in [1.82, 2.24) is 19.9 Å². The normalized spacial score (nSPS) is 12.5. The average Bonchev–Trinajstić information content (AvgIpc) is 3.10. The summed E-state index contributed by atoms with van der Waals surface area (Å²) in [6.45, 7) is 4.01. The highest BCUT2D eigenvalue weighted by molar-refractivity contribution is 6.61. The summed E-state index contributed by atoms with van der Waals surface area (Å²) in [6.07, 6.45) is 7.07. The molecule has 0 fully saturated rings. The van der Waals surface area contributed by atoms with Gasteiger partial charge in [-0.1, -0.05) is 54.6 Å². The third kappa shape index (κ3) is 7.32. The van der Waals surface area contributed by atoms with Crippen molar-refractivity contribution in [3.63, 3.8) is 0 Å². The minimum atomic E-state index is 0.123. The van der Waals surface area contributed by atoms with Crippen molar-refractivity contribution in [1.29, 1.82) is 10.8 Å². The molecule has 6 aromatic rings. The summed E-state index contributed by atoms with van der Waals surface area (Å²) in [4.78, 5) is 18.5. The summed E-state index contributed by atoms with van der Waals surface area (Å²) in [5, 5.41) is 17.1. The zero-order chi connectivity index (χ0) is 32.8. The van der Waals surface area contributed by atoms with E-state index < -0.39 is 0 Å². The van der Waals surface area contributed by atoms with Gasteiger partial charge in [-0.15, -0.1) is 0 Å². The number of pyridine rings is 4. The lowest BCUT2D eigenvalue weighted by Gasteiger charge is -2.17. The summed E-state index contributed by atoms with van der Waals surface area (Å²) < 4.78 is 0. The van der Waals surface area contributed by atoms with E-state index in [1.54, 1.807) is 18.5 Å². The van der Waals surface area contributed by atoms with Gasteiger partial charge in [0.25, 0.3) is 0 Å². The maximum atomic E-state index is 8.58. The molecule has 4 heterocycles. The molecular formula is C40H33N7. The van der Waals surface area contributed by atoms with Gasteiger partial charge in [-0.2, -0.15) is 0 Å². The predicted molar refractivity (Wildman–Crippen MR) is 192 cm³/mol. The Bertz CT molecular complexity index is 2120. The number of hydrogen-bond donors (Lipinski definition) is 3. The minimum Gasteiger partial charge on any atom is -0.399 e. The first-order valence-corrected chi connectivity index (χ1v) is 15.2. The second kappa shape index (κ2) is 13.7. The molecule has 7 nitrogen and oxygen atoms in total. The molecule has 0 saturated heterocycles. The Morgan fingerprint density at radius 2 is 1.02 bits per heavy atom. The molecule has 228 valence electrons. The van der Waals surface area contributed by atoms with Crippen LogP contribution in [0.25, 0.3) is 45.0 Å². The number of nitrogens with two attached hydrogens (primary N) is 1. The first kappa shape index (κ1) is 30.7. The maximum absolute atomic E-state index is 8.58. The van der Waals surface area contributed by atoms with Crippen LogP contribution in [-0.2, 0) is 0 Å². The van der Waals surface area contributed by atoms with Crippen molar-refractivity contribution in [2.24, 2.45) is 0 Å². The molecule has 0 unspecified atom stereocenters. The second-order valence-corrected chi connectivity index (χ2v) is 11.2. The quantitative estimate of drug-likeness (QED) is 0.133. The van der Waals surface area contributed by atoms with Crippen molar-refractivity contribution >= 4 is 28.3 Å². The smallest absolute Gasteiger partial charge is 0.0896 e. The first-order valence-electron chi connectivity index (χ1n) is 15.2. The van der Waals surface area contributed by atoms with E-state index in [1.165, 1.54) is 11.1 Å². The van der Waals surface area contributed by atoms with Crippen LogP contribution in [0.4, 0.5) is 5.69 Å². The van der Waals surface area contributed by atoms with Gasteiger partial charge in [-0.05, 0) is 109 Å². The monoisotopic (exact) mass is 611 g/mol. The van der Waals surface area contributed by atoms with Gasteiger partial charge < -0.3 is 5.73 Å². The van der Waals surface area contributed by atoms with Crippen LogP contribution in [-0.4, -0.2) is 31.4 Å². The molecule has 7 rings (SSSR count). The summed E-state index contributed by atoms with van der Waals surface area (Å²) in [5.41, 5.74) is 16.9. The number of rotatable bonds is 5. The molecule has 0 atom stereocenters. The third-order valence-corrected chi connectivity index (χ3v) is 7.52. The highest BCUT2D eigenvalue weighted by atomic mass is 14.8. The van der Waals surface area contributed by atoms with E-state index in [2.05, 4.69) is 22.1 Å². The number of nitrogens with zero attached hydrogens (tertiary/aromatic N) is 4. The highest BCUT2D eigenvalue weighted by Gasteiger charge is 2.21. The van der Waals surface area contributed by atoms with Gasteiger partial charge in [-0.3, -0.25) is 20.8 Å². The molecule has 4 N–H and O–H groups in total. The van der Waals surface area contributed by atoms with Crippen molar-refractivity contribution in [2.75, 3.05) is 5.73 Å². The zero-order valence-corrected chi connectivity index (χ0v) is 26.1. The fraction of sp³-hybridized carbons (Fsp3) is 0.0500. The van der Waals surface area contributed by atoms with Gasteiger partial charge in [0.15, 0.2) is 0 Å². The van der Waals surface area contributed by atoms with E-state index in [9.17, 15) is 0 Å². The second-order valence-electron chi connectivity index (χ2n) is 11.2. The molecule has 0 aliphatic heterocycles.